The molecule has 1 aliphatic heterocycles. The molecule has 2 heteroatoms. The Balaban J connectivity index is 1.91. The van der Waals surface area contributed by atoms with Gasteiger partial charge in [0, 0.05) is 13.1 Å². The SMILES string of the molecule is C/C=C(/Cc1ccccc1)CC1NCCN1. The standard InChI is InChI=1S/C14H20N2/c1-2-12(11-14-15-8-9-16-14)10-13-6-4-3-5-7-13/h2-7,14-16H,8-11H2,1H3/b12-2-. The van der Waals surface area contributed by atoms with Gasteiger partial charge < -0.3 is 10.6 Å². The Labute approximate surface area is 97.8 Å². The van der Waals surface area contributed by atoms with Crippen LogP contribution in [-0.2, 0) is 6.42 Å². The maximum absolute atomic E-state index is 3.46. The van der Waals surface area contributed by atoms with Crippen molar-refractivity contribution in [3.05, 3.63) is 47.5 Å². The second-order valence-corrected chi connectivity index (χ2v) is 4.27. The molecule has 0 amide bonds. The van der Waals surface area contributed by atoms with E-state index in [4.69, 9.17) is 0 Å². The molecule has 0 bridgehead atoms. The van der Waals surface area contributed by atoms with Gasteiger partial charge in [0.25, 0.3) is 0 Å². The highest BCUT2D eigenvalue weighted by Crippen LogP contribution is 2.13. The van der Waals surface area contributed by atoms with Crippen molar-refractivity contribution in [1.29, 1.82) is 0 Å². The van der Waals surface area contributed by atoms with Crippen LogP contribution in [0.4, 0.5) is 0 Å². The molecular weight excluding hydrogens is 196 g/mol. The Morgan fingerprint density at radius 2 is 1.94 bits per heavy atom. The average molecular weight is 216 g/mol. The number of hydrogen-bond donors (Lipinski definition) is 2. The first-order chi connectivity index (χ1) is 7.88. The van der Waals surface area contributed by atoms with Crippen molar-refractivity contribution >= 4 is 0 Å². The summed E-state index contributed by atoms with van der Waals surface area (Å²) in [5.41, 5.74) is 2.90. The summed E-state index contributed by atoms with van der Waals surface area (Å²) < 4.78 is 0. The molecule has 0 spiro atoms. The molecule has 1 aromatic rings. The van der Waals surface area contributed by atoms with Crippen molar-refractivity contribution in [2.45, 2.75) is 25.9 Å². The first-order valence-corrected chi connectivity index (χ1v) is 6.03. The van der Waals surface area contributed by atoms with Crippen molar-refractivity contribution in [2.75, 3.05) is 13.1 Å². The van der Waals surface area contributed by atoms with Gasteiger partial charge in [-0.2, -0.15) is 0 Å². The summed E-state index contributed by atoms with van der Waals surface area (Å²) in [5, 5.41) is 6.91. The highest BCUT2D eigenvalue weighted by molar-refractivity contribution is 5.22. The van der Waals surface area contributed by atoms with Gasteiger partial charge in [0.15, 0.2) is 0 Å². The number of rotatable bonds is 4. The Morgan fingerprint density at radius 3 is 2.56 bits per heavy atom. The van der Waals surface area contributed by atoms with Gasteiger partial charge in [-0.1, -0.05) is 42.0 Å². The van der Waals surface area contributed by atoms with Gasteiger partial charge in [0.1, 0.15) is 0 Å². The van der Waals surface area contributed by atoms with Crippen molar-refractivity contribution in [2.24, 2.45) is 0 Å². The monoisotopic (exact) mass is 216 g/mol. The third kappa shape index (κ3) is 3.19. The van der Waals surface area contributed by atoms with E-state index in [1.807, 2.05) is 0 Å². The van der Waals surface area contributed by atoms with Crippen LogP contribution in [0.1, 0.15) is 18.9 Å². The van der Waals surface area contributed by atoms with Gasteiger partial charge in [-0.15, -0.1) is 0 Å². The van der Waals surface area contributed by atoms with Gasteiger partial charge in [-0.25, -0.2) is 0 Å². The fraction of sp³-hybridized carbons (Fsp3) is 0.429. The van der Waals surface area contributed by atoms with Gasteiger partial charge in [0.2, 0.25) is 0 Å². The van der Waals surface area contributed by atoms with Gasteiger partial charge in [0.05, 0.1) is 6.17 Å². The average Bonchev–Trinajstić information content (AvgIpc) is 2.82. The van der Waals surface area contributed by atoms with E-state index < -0.39 is 0 Å². The zero-order valence-electron chi connectivity index (χ0n) is 9.87. The summed E-state index contributed by atoms with van der Waals surface area (Å²) in [5.74, 6) is 0. The lowest BCUT2D eigenvalue weighted by atomic mass is 10.0. The first-order valence-electron chi connectivity index (χ1n) is 6.03. The molecule has 0 aromatic heterocycles. The van der Waals surface area contributed by atoms with E-state index in [0.29, 0.717) is 6.17 Å². The zero-order chi connectivity index (χ0) is 11.2. The number of hydrogen-bond acceptors (Lipinski definition) is 2. The Kier molecular flexibility index (Phi) is 4.14. The lowest BCUT2D eigenvalue weighted by Gasteiger charge is -2.13. The first kappa shape index (κ1) is 11.4. The van der Waals surface area contributed by atoms with Crippen molar-refractivity contribution in [3.63, 3.8) is 0 Å². The van der Waals surface area contributed by atoms with Crippen LogP contribution in [0.3, 0.4) is 0 Å². The summed E-state index contributed by atoms with van der Waals surface area (Å²) in [7, 11) is 0. The maximum atomic E-state index is 3.46. The van der Waals surface area contributed by atoms with Gasteiger partial charge >= 0.3 is 0 Å². The lowest BCUT2D eigenvalue weighted by molar-refractivity contribution is 0.544. The molecular formula is C14H20N2. The molecule has 0 unspecified atom stereocenters. The molecule has 1 aromatic carbocycles. The fourth-order valence-electron chi connectivity index (χ4n) is 2.12. The number of benzene rings is 1. The fourth-order valence-corrected chi connectivity index (χ4v) is 2.12. The highest BCUT2D eigenvalue weighted by Gasteiger charge is 2.14. The molecule has 0 saturated carbocycles. The highest BCUT2D eigenvalue weighted by atomic mass is 15.2. The molecule has 16 heavy (non-hydrogen) atoms. The molecule has 86 valence electrons. The summed E-state index contributed by atoms with van der Waals surface area (Å²) in [4.78, 5) is 0. The maximum Gasteiger partial charge on any atom is 0.0610 e. The third-order valence-electron chi connectivity index (χ3n) is 3.06. The minimum absolute atomic E-state index is 0.468. The van der Waals surface area contributed by atoms with Crippen LogP contribution in [0.15, 0.2) is 42.0 Å². The molecule has 1 saturated heterocycles. The van der Waals surface area contributed by atoms with Crippen molar-refractivity contribution < 1.29 is 0 Å². The van der Waals surface area contributed by atoms with Crippen LogP contribution < -0.4 is 10.6 Å². The van der Waals surface area contributed by atoms with Crippen LogP contribution in [0.25, 0.3) is 0 Å². The van der Waals surface area contributed by atoms with Gasteiger partial charge in [-0.3, -0.25) is 0 Å². The summed E-state index contributed by atoms with van der Waals surface area (Å²) in [6.45, 7) is 4.31. The topological polar surface area (TPSA) is 24.1 Å². The Hall–Kier alpha value is -1.12. The summed E-state index contributed by atoms with van der Waals surface area (Å²) in [6, 6.07) is 10.7. The van der Waals surface area contributed by atoms with Crippen LogP contribution in [0.5, 0.6) is 0 Å². The van der Waals surface area contributed by atoms with Crippen molar-refractivity contribution in [3.8, 4) is 0 Å². The number of nitrogens with one attached hydrogen (secondary N) is 2. The smallest absolute Gasteiger partial charge is 0.0610 e. The van der Waals surface area contributed by atoms with E-state index in [1.54, 1.807) is 0 Å². The second-order valence-electron chi connectivity index (χ2n) is 4.27. The number of allylic oxidation sites excluding steroid dienone is 1. The van der Waals surface area contributed by atoms with Crippen LogP contribution in [0, 0.1) is 0 Å². The molecule has 0 radical (unpaired) electrons. The Bertz CT molecular complexity index is 337. The predicted molar refractivity (Wildman–Crippen MR) is 68.3 cm³/mol. The van der Waals surface area contributed by atoms with E-state index >= 15 is 0 Å². The molecule has 0 atom stereocenters. The molecule has 1 fully saturated rings. The molecule has 2 rings (SSSR count). The molecule has 2 N–H and O–H groups in total. The molecule has 1 heterocycles. The normalized spacial score (nSPS) is 17.9. The minimum Gasteiger partial charge on any atom is -0.300 e. The minimum atomic E-state index is 0.468. The quantitative estimate of drug-likeness (QED) is 0.753. The largest absolute Gasteiger partial charge is 0.300 e. The second kappa shape index (κ2) is 5.83. The predicted octanol–water partition coefficient (Wildman–Crippen LogP) is 2.08. The van der Waals surface area contributed by atoms with E-state index in [-0.39, 0.29) is 0 Å². The molecule has 1 aliphatic rings. The van der Waals surface area contributed by atoms with E-state index in [9.17, 15) is 0 Å². The lowest BCUT2D eigenvalue weighted by Crippen LogP contribution is -2.31. The third-order valence-corrected chi connectivity index (χ3v) is 3.06. The van der Waals surface area contributed by atoms with E-state index in [0.717, 1.165) is 25.9 Å². The van der Waals surface area contributed by atoms with E-state index in [1.165, 1.54) is 11.1 Å². The van der Waals surface area contributed by atoms with Crippen LogP contribution in [-0.4, -0.2) is 19.3 Å². The van der Waals surface area contributed by atoms with E-state index in [2.05, 4.69) is 54.0 Å². The summed E-state index contributed by atoms with van der Waals surface area (Å²) in [6.07, 6.45) is 4.88. The Morgan fingerprint density at radius 1 is 1.25 bits per heavy atom. The zero-order valence-corrected chi connectivity index (χ0v) is 9.87. The molecule has 2 nitrogen and oxygen atoms in total. The van der Waals surface area contributed by atoms with Crippen LogP contribution >= 0.6 is 0 Å². The molecule has 0 aliphatic carbocycles. The van der Waals surface area contributed by atoms with Crippen LogP contribution in [0.2, 0.25) is 0 Å². The summed E-state index contributed by atoms with van der Waals surface area (Å²) >= 11 is 0. The van der Waals surface area contributed by atoms with Gasteiger partial charge in [-0.05, 0) is 25.3 Å². The van der Waals surface area contributed by atoms with Crippen molar-refractivity contribution in [1.82, 2.24) is 10.6 Å².